The summed E-state index contributed by atoms with van der Waals surface area (Å²) >= 11 is 4.27. The average molecular weight is 314 g/mol. The molecule has 0 heterocycles. The minimum atomic E-state index is 0.779. The van der Waals surface area contributed by atoms with Gasteiger partial charge in [-0.05, 0) is 40.5 Å². The van der Waals surface area contributed by atoms with Crippen LogP contribution in [0, 0.1) is 0 Å². The van der Waals surface area contributed by atoms with E-state index in [1.807, 2.05) is 18.2 Å². The molecule has 112 valence electrons. The van der Waals surface area contributed by atoms with Gasteiger partial charge < -0.3 is 0 Å². The fourth-order valence-corrected chi connectivity index (χ4v) is 2.49. The third-order valence-electron chi connectivity index (χ3n) is 3.64. The van der Waals surface area contributed by atoms with Crippen molar-refractivity contribution < 1.29 is 0 Å². The molecule has 1 heteroatoms. The van der Waals surface area contributed by atoms with Gasteiger partial charge in [0.25, 0.3) is 0 Å². The maximum atomic E-state index is 4.27. The lowest BCUT2D eigenvalue weighted by Crippen LogP contribution is -1.78. The second-order valence-electron chi connectivity index (χ2n) is 5.36. The van der Waals surface area contributed by atoms with E-state index < -0.39 is 0 Å². The van der Waals surface area contributed by atoms with Crippen molar-refractivity contribution in [3.63, 3.8) is 0 Å². The van der Waals surface area contributed by atoms with E-state index in [0.717, 1.165) is 11.3 Å². The Hall–Kier alpha value is -2.47. The number of rotatable bonds is 5. The Kier molecular flexibility index (Phi) is 5.16. The van der Waals surface area contributed by atoms with Gasteiger partial charge in [-0.2, -0.15) is 12.6 Å². The molecule has 1 aliphatic rings. The maximum absolute atomic E-state index is 4.27. The molecule has 0 amide bonds. The van der Waals surface area contributed by atoms with E-state index in [2.05, 4.69) is 91.2 Å². The molecule has 3 rings (SSSR count). The molecule has 0 saturated heterocycles. The van der Waals surface area contributed by atoms with E-state index in [9.17, 15) is 0 Å². The van der Waals surface area contributed by atoms with E-state index in [1.165, 1.54) is 22.3 Å². The van der Waals surface area contributed by atoms with E-state index in [-0.39, 0.29) is 0 Å². The molecular weight excluding hydrogens is 296 g/mol. The minimum absolute atomic E-state index is 0.779. The zero-order chi connectivity index (χ0) is 15.9. The summed E-state index contributed by atoms with van der Waals surface area (Å²) in [5.74, 6) is 0.779. The van der Waals surface area contributed by atoms with Crippen LogP contribution in [0.3, 0.4) is 0 Å². The second-order valence-corrected chi connectivity index (χ2v) is 5.67. The summed E-state index contributed by atoms with van der Waals surface area (Å²) in [5.41, 5.74) is 9.10. The van der Waals surface area contributed by atoms with Crippen molar-refractivity contribution in [1.29, 1.82) is 0 Å². The molecule has 0 N–H and O–H groups in total. The van der Waals surface area contributed by atoms with Crippen LogP contribution in [-0.4, -0.2) is 0 Å². The summed E-state index contributed by atoms with van der Waals surface area (Å²) < 4.78 is 0. The first-order valence-electron chi connectivity index (χ1n) is 7.63. The zero-order valence-corrected chi connectivity index (χ0v) is 13.7. The summed E-state index contributed by atoms with van der Waals surface area (Å²) in [7, 11) is 0. The molecule has 0 unspecified atom stereocenters. The zero-order valence-electron chi connectivity index (χ0n) is 12.8. The Morgan fingerprint density at radius 2 is 1.26 bits per heavy atom. The summed E-state index contributed by atoms with van der Waals surface area (Å²) in [6.07, 6.45) is 14.4. The first kappa shape index (κ1) is 15.4. The van der Waals surface area contributed by atoms with Crippen LogP contribution in [0.5, 0.6) is 0 Å². The van der Waals surface area contributed by atoms with E-state index in [0.29, 0.717) is 0 Å². The van der Waals surface area contributed by atoms with Crippen LogP contribution in [0.4, 0.5) is 0 Å². The molecule has 2 aromatic carbocycles. The van der Waals surface area contributed by atoms with Crippen LogP contribution in [0.1, 0.15) is 22.3 Å². The van der Waals surface area contributed by atoms with Gasteiger partial charge in [-0.25, -0.2) is 0 Å². The van der Waals surface area contributed by atoms with Crippen LogP contribution in [-0.2, 0) is 5.75 Å². The Balaban J connectivity index is 1.65. The number of thiol groups is 1. The van der Waals surface area contributed by atoms with Gasteiger partial charge in [-0.1, -0.05) is 72.8 Å². The fraction of sp³-hybridized carbons (Fsp3) is 0.0455. The Labute approximate surface area is 143 Å². The Bertz CT molecular complexity index is 809. The molecule has 0 aromatic heterocycles. The van der Waals surface area contributed by atoms with Crippen LogP contribution < -0.4 is 0 Å². The summed E-state index contributed by atoms with van der Waals surface area (Å²) in [5, 5.41) is 0. The molecular formula is C22H18S. The van der Waals surface area contributed by atoms with Gasteiger partial charge in [-0.3, -0.25) is 0 Å². The monoisotopic (exact) mass is 314 g/mol. The predicted octanol–water partition coefficient (Wildman–Crippen LogP) is 5.95. The van der Waals surface area contributed by atoms with Crippen LogP contribution in [0.2, 0.25) is 0 Å². The molecule has 0 fully saturated rings. The topological polar surface area (TPSA) is 0 Å². The van der Waals surface area contributed by atoms with Gasteiger partial charge in [-0.15, -0.1) is 5.73 Å². The van der Waals surface area contributed by atoms with Gasteiger partial charge in [0.1, 0.15) is 0 Å². The Morgan fingerprint density at radius 3 is 1.74 bits per heavy atom. The van der Waals surface area contributed by atoms with E-state index in [4.69, 9.17) is 0 Å². The van der Waals surface area contributed by atoms with Crippen LogP contribution in [0.25, 0.3) is 18.2 Å². The van der Waals surface area contributed by atoms with Crippen molar-refractivity contribution in [3.8, 4) is 0 Å². The lowest BCUT2D eigenvalue weighted by atomic mass is 10.1. The van der Waals surface area contributed by atoms with Gasteiger partial charge in [0.15, 0.2) is 0 Å². The number of allylic oxidation sites excluding steroid dienone is 4. The third kappa shape index (κ3) is 4.50. The van der Waals surface area contributed by atoms with Crippen molar-refractivity contribution in [1.82, 2.24) is 0 Å². The highest BCUT2D eigenvalue weighted by Crippen LogP contribution is 2.13. The van der Waals surface area contributed by atoms with Crippen molar-refractivity contribution in [3.05, 3.63) is 106 Å². The van der Waals surface area contributed by atoms with Crippen molar-refractivity contribution >= 4 is 30.9 Å². The second kappa shape index (κ2) is 7.69. The van der Waals surface area contributed by atoms with Gasteiger partial charge >= 0.3 is 0 Å². The van der Waals surface area contributed by atoms with E-state index in [1.54, 1.807) is 0 Å². The summed E-state index contributed by atoms with van der Waals surface area (Å²) in [6, 6.07) is 17.0. The van der Waals surface area contributed by atoms with Gasteiger partial charge in [0.05, 0.1) is 0 Å². The maximum Gasteiger partial charge on any atom is 0.0165 e. The lowest BCUT2D eigenvalue weighted by molar-refractivity contribution is 1.42. The molecule has 0 bridgehead atoms. The smallest absolute Gasteiger partial charge is 0.0165 e. The molecule has 23 heavy (non-hydrogen) atoms. The van der Waals surface area contributed by atoms with E-state index >= 15 is 0 Å². The summed E-state index contributed by atoms with van der Waals surface area (Å²) in [4.78, 5) is 0. The minimum Gasteiger partial charge on any atom is -0.175 e. The lowest BCUT2D eigenvalue weighted by Gasteiger charge is -1.98. The Morgan fingerprint density at radius 1 is 0.739 bits per heavy atom. The fourth-order valence-electron chi connectivity index (χ4n) is 2.28. The number of benzene rings is 2. The molecule has 0 aliphatic heterocycles. The predicted molar refractivity (Wildman–Crippen MR) is 104 cm³/mol. The highest BCUT2D eigenvalue weighted by atomic mass is 32.1. The highest BCUT2D eigenvalue weighted by Gasteiger charge is 1.92. The molecule has 0 saturated carbocycles. The quantitative estimate of drug-likeness (QED) is 0.393. The van der Waals surface area contributed by atoms with Crippen molar-refractivity contribution in [2.45, 2.75) is 5.75 Å². The highest BCUT2D eigenvalue weighted by molar-refractivity contribution is 7.79. The summed E-state index contributed by atoms with van der Waals surface area (Å²) in [6.45, 7) is 0. The number of hydrogen-bond donors (Lipinski definition) is 1. The van der Waals surface area contributed by atoms with Crippen LogP contribution in [0.15, 0.2) is 84.1 Å². The molecule has 0 nitrogen and oxygen atoms in total. The van der Waals surface area contributed by atoms with Crippen molar-refractivity contribution in [2.75, 3.05) is 0 Å². The normalized spacial score (nSPS) is 13.3. The number of hydrogen-bond acceptors (Lipinski definition) is 1. The molecule has 1 aliphatic carbocycles. The molecule has 0 radical (unpaired) electrons. The largest absolute Gasteiger partial charge is 0.175 e. The first-order valence-corrected chi connectivity index (χ1v) is 8.26. The standard InChI is InChI=1S/C22H18S/c23-17-22-15-13-21(14-16-22)12-11-20-9-7-19(8-10-20)6-5-18-3-1-2-4-18/h1-3,5-16,23H,17H2/b6-5+,12-11+. The van der Waals surface area contributed by atoms with Gasteiger partial charge in [0, 0.05) is 11.3 Å². The third-order valence-corrected chi connectivity index (χ3v) is 4.01. The SMILES string of the molecule is SCc1ccc(/C=C/c2ccc(/C=C/C3=C=CC=C3)cc2)cc1. The molecule has 0 spiro atoms. The first-order chi connectivity index (χ1) is 11.3. The average Bonchev–Trinajstić information content (AvgIpc) is 3.13. The molecule has 0 atom stereocenters. The van der Waals surface area contributed by atoms with Gasteiger partial charge in [0.2, 0.25) is 0 Å². The van der Waals surface area contributed by atoms with Crippen molar-refractivity contribution in [2.24, 2.45) is 0 Å². The van der Waals surface area contributed by atoms with Crippen LogP contribution >= 0.6 is 12.6 Å². The molecule has 2 aromatic rings.